The molecule has 0 spiro atoms. The van der Waals surface area contributed by atoms with Gasteiger partial charge in [0, 0.05) is 13.3 Å². The van der Waals surface area contributed by atoms with Crippen molar-refractivity contribution in [2.75, 3.05) is 6.61 Å². The maximum atomic E-state index is 12.6. The lowest BCUT2D eigenvalue weighted by Crippen LogP contribution is -2.49. The molecule has 0 aliphatic carbocycles. The van der Waals surface area contributed by atoms with Gasteiger partial charge >= 0.3 is 5.97 Å². The smallest absolute Gasteiger partial charge is 0.325 e. The summed E-state index contributed by atoms with van der Waals surface area (Å²) in [6, 6.07) is 13.5. The molecule has 1 atom stereocenters. The van der Waals surface area contributed by atoms with E-state index < -0.39 is 12.0 Å². The zero-order chi connectivity index (χ0) is 23.3. The second kappa shape index (κ2) is 12.8. The second-order valence-electron chi connectivity index (χ2n) is 6.95. The molecule has 0 fully saturated rings. The molecule has 3 N–H and O–H groups in total. The van der Waals surface area contributed by atoms with E-state index in [9.17, 15) is 14.7 Å². The highest BCUT2D eigenvalue weighted by Gasteiger charge is 2.22. The van der Waals surface area contributed by atoms with Crippen molar-refractivity contribution in [3.8, 4) is 11.5 Å². The van der Waals surface area contributed by atoms with Gasteiger partial charge in [0.05, 0.1) is 0 Å². The van der Waals surface area contributed by atoms with Crippen LogP contribution in [0.1, 0.15) is 18.1 Å². The number of esters is 1. The minimum Gasteiger partial charge on any atom is -0.504 e. The fraction of sp³-hybridized carbons (Fsp3) is 0.200. The van der Waals surface area contributed by atoms with Crippen LogP contribution in [0.2, 0.25) is 0 Å². The molecule has 2 aromatic rings. The summed E-state index contributed by atoms with van der Waals surface area (Å²) in [6.45, 7) is 8.91. The average molecular weight is 437 g/mol. The molecular formula is C25H28N2O5. The highest BCUT2D eigenvalue weighted by molar-refractivity contribution is 5.78. The Hall–Kier alpha value is -3.84. The van der Waals surface area contributed by atoms with Gasteiger partial charge in [-0.15, -0.1) is 0 Å². The van der Waals surface area contributed by atoms with Crippen molar-refractivity contribution in [3.05, 3.63) is 96.6 Å². The number of hydrogen-bond acceptors (Lipinski definition) is 6. The van der Waals surface area contributed by atoms with Gasteiger partial charge in [-0.05, 0) is 28.8 Å². The molecule has 0 heterocycles. The molecule has 7 nitrogen and oxygen atoms in total. The van der Waals surface area contributed by atoms with Gasteiger partial charge < -0.3 is 14.6 Å². The number of benzene rings is 2. The van der Waals surface area contributed by atoms with E-state index in [2.05, 4.69) is 24.0 Å². The van der Waals surface area contributed by atoms with E-state index in [-0.39, 0.29) is 31.3 Å². The van der Waals surface area contributed by atoms with Crippen LogP contribution >= 0.6 is 0 Å². The van der Waals surface area contributed by atoms with Crippen LogP contribution in [-0.2, 0) is 27.4 Å². The summed E-state index contributed by atoms with van der Waals surface area (Å²) in [5.41, 5.74) is 7.46. The summed E-state index contributed by atoms with van der Waals surface area (Å²) < 4.78 is 11.1. The largest absolute Gasteiger partial charge is 0.504 e. The lowest BCUT2D eigenvalue weighted by Gasteiger charge is -2.19. The highest BCUT2D eigenvalue weighted by Crippen LogP contribution is 2.28. The molecule has 32 heavy (non-hydrogen) atoms. The predicted molar refractivity (Wildman–Crippen MR) is 123 cm³/mol. The lowest BCUT2D eigenvalue weighted by atomic mass is 10.1. The number of phenolic OH excluding ortho intramolecular Hbond substituents is 1. The molecule has 2 aromatic carbocycles. The van der Waals surface area contributed by atoms with Crippen molar-refractivity contribution in [2.24, 2.45) is 0 Å². The van der Waals surface area contributed by atoms with Crippen LogP contribution in [0.5, 0.6) is 11.5 Å². The number of carbonyl (C=O) groups excluding carboxylic acids is 2. The van der Waals surface area contributed by atoms with Crippen LogP contribution in [0.25, 0.3) is 0 Å². The highest BCUT2D eigenvalue weighted by atomic mass is 16.5. The van der Waals surface area contributed by atoms with Crippen molar-refractivity contribution in [3.63, 3.8) is 0 Å². The van der Waals surface area contributed by atoms with Gasteiger partial charge in [0.15, 0.2) is 11.5 Å². The number of ether oxygens (including phenoxy) is 2. The Balaban J connectivity index is 2.10. The first-order valence-corrected chi connectivity index (χ1v) is 10.0. The molecule has 0 bridgehead atoms. The fourth-order valence-electron chi connectivity index (χ4n) is 2.74. The summed E-state index contributed by atoms with van der Waals surface area (Å²) in [5.74, 6) is -0.626. The van der Waals surface area contributed by atoms with Crippen molar-refractivity contribution >= 4 is 11.9 Å². The molecule has 0 saturated carbocycles. The van der Waals surface area contributed by atoms with E-state index in [1.54, 1.807) is 30.4 Å². The molecule has 1 unspecified atom stereocenters. The van der Waals surface area contributed by atoms with E-state index in [0.717, 1.165) is 5.56 Å². The number of nitrogens with one attached hydrogen (secondary N) is 2. The van der Waals surface area contributed by atoms with Gasteiger partial charge in [-0.2, -0.15) is 0 Å². The number of aromatic hydroxyl groups is 1. The van der Waals surface area contributed by atoms with Crippen molar-refractivity contribution < 1.29 is 24.2 Å². The molecule has 1 amide bonds. The number of hydrogen-bond donors (Lipinski definition) is 3. The van der Waals surface area contributed by atoms with Crippen LogP contribution in [0.4, 0.5) is 0 Å². The Morgan fingerprint density at radius 1 is 1.12 bits per heavy atom. The SMILES string of the molecule is C=C/C=C(\C=C)COC(=O)C(Cc1ccc(O)c(OCc2ccccc2)c1)NNC(C)=O. The molecule has 0 aromatic heterocycles. The normalized spacial score (nSPS) is 11.8. The summed E-state index contributed by atoms with van der Waals surface area (Å²) in [4.78, 5) is 24.0. The van der Waals surface area contributed by atoms with Crippen molar-refractivity contribution in [1.29, 1.82) is 0 Å². The third-order valence-electron chi connectivity index (χ3n) is 4.38. The van der Waals surface area contributed by atoms with Gasteiger partial charge in [-0.25, -0.2) is 5.43 Å². The van der Waals surface area contributed by atoms with Gasteiger partial charge in [-0.1, -0.05) is 67.8 Å². The van der Waals surface area contributed by atoms with Crippen molar-refractivity contribution in [2.45, 2.75) is 26.0 Å². The first kappa shape index (κ1) is 24.4. The van der Waals surface area contributed by atoms with Gasteiger partial charge in [-0.3, -0.25) is 15.0 Å². The van der Waals surface area contributed by atoms with Gasteiger partial charge in [0.25, 0.3) is 0 Å². The molecule has 0 radical (unpaired) electrons. The number of rotatable bonds is 12. The van der Waals surface area contributed by atoms with Crippen LogP contribution in [0, 0.1) is 0 Å². The number of phenols is 1. The molecular weight excluding hydrogens is 408 g/mol. The Bertz CT molecular complexity index is 970. The van der Waals surface area contributed by atoms with E-state index in [1.165, 1.54) is 13.0 Å². The molecule has 168 valence electrons. The van der Waals surface area contributed by atoms with Gasteiger partial charge in [0.1, 0.15) is 19.3 Å². The van der Waals surface area contributed by atoms with Crippen molar-refractivity contribution in [1.82, 2.24) is 10.9 Å². The molecule has 7 heteroatoms. The Labute approximate surface area is 188 Å². The zero-order valence-corrected chi connectivity index (χ0v) is 18.0. The number of allylic oxidation sites excluding steroid dienone is 2. The van der Waals surface area contributed by atoms with Crippen LogP contribution < -0.4 is 15.6 Å². The second-order valence-corrected chi connectivity index (χ2v) is 6.95. The quantitative estimate of drug-likeness (QED) is 0.268. The maximum absolute atomic E-state index is 12.6. The molecule has 2 rings (SSSR count). The standard InChI is InChI=1S/C25H28N2O5/c1-4-9-19(5-2)16-32-25(30)22(27-26-18(3)28)14-21-12-13-23(29)24(15-21)31-17-20-10-7-6-8-11-20/h4-13,15,22,27,29H,1-2,14,16-17H2,3H3,(H,26,28)/b19-9+. The third-order valence-corrected chi connectivity index (χ3v) is 4.38. The summed E-state index contributed by atoms with van der Waals surface area (Å²) in [5, 5.41) is 10.1. The van der Waals surface area contributed by atoms with Crippen LogP contribution in [0.15, 0.2) is 85.5 Å². The first-order chi connectivity index (χ1) is 15.4. The zero-order valence-electron chi connectivity index (χ0n) is 18.0. The Morgan fingerprint density at radius 2 is 1.88 bits per heavy atom. The number of amides is 1. The molecule has 0 saturated heterocycles. The fourth-order valence-corrected chi connectivity index (χ4v) is 2.74. The number of carbonyl (C=O) groups is 2. The van der Waals surface area contributed by atoms with E-state index in [4.69, 9.17) is 9.47 Å². The van der Waals surface area contributed by atoms with Crippen LogP contribution in [-0.4, -0.2) is 29.6 Å². The van der Waals surface area contributed by atoms with Crippen LogP contribution in [0.3, 0.4) is 0 Å². The van der Waals surface area contributed by atoms with Gasteiger partial charge in [0.2, 0.25) is 5.91 Å². The monoisotopic (exact) mass is 436 g/mol. The average Bonchev–Trinajstić information content (AvgIpc) is 2.79. The first-order valence-electron chi connectivity index (χ1n) is 10.0. The lowest BCUT2D eigenvalue weighted by molar-refractivity contribution is -0.145. The predicted octanol–water partition coefficient (Wildman–Crippen LogP) is 3.36. The number of hydrazine groups is 1. The summed E-state index contributed by atoms with van der Waals surface area (Å²) in [7, 11) is 0. The topological polar surface area (TPSA) is 96.9 Å². The Morgan fingerprint density at radius 3 is 2.53 bits per heavy atom. The maximum Gasteiger partial charge on any atom is 0.325 e. The van der Waals surface area contributed by atoms with E-state index in [1.807, 2.05) is 30.3 Å². The molecule has 0 aliphatic heterocycles. The summed E-state index contributed by atoms with van der Waals surface area (Å²) in [6.07, 6.45) is 5.02. The third kappa shape index (κ3) is 8.12. The van der Waals surface area contributed by atoms with E-state index in [0.29, 0.717) is 16.9 Å². The minimum absolute atomic E-state index is 0.0104. The summed E-state index contributed by atoms with van der Waals surface area (Å²) >= 11 is 0. The Kier molecular flexibility index (Phi) is 9.74. The minimum atomic E-state index is -0.861. The molecule has 0 aliphatic rings. The van der Waals surface area contributed by atoms with E-state index >= 15 is 0 Å².